The van der Waals surface area contributed by atoms with E-state index in [1.54, 1.807) is 24.0 Å². The minimum atomic E-state index is 0.193. The zero-order valence-electron chi connectivity index (χ0n) is 14.4. The molecule has 1 amide bonds. The van der Waals surface area contributed by atoms with Crippen molar-refractivity contribution in [3.05, 3.63) is 34.0 Å². The van der Waals surface area contributed by atoms with Gasteiger partial charge < -0.3 is 14.8 Å². The number of carbonyl (C=O) groups excluding carboxylic acids is 1. The average Bonchev–Trinajstić information content (AvgIpc) is 3.34. The minimum Gasteiger partial charge on any atom is -0.351 e. The number of amides is 1. The fourth-order valence-corrected chi connectivity index (χ4v) is 5.08. The largest absolute Gasteiger partial charge is 0.351 e. The summed E-state index contributed by atoms with van der Waals surface area (Å²) in [7, 11) is 0. The molecule has 2 aliphatic rings. The van der Waals surface area contributed by atoms with Gasteiger partial charge >= 0.3 is 0 Å². The third-order valence-electron chi connectivity index (χ3n) is 5.36. The Morgan fingerprint density at radius 3 is 2.81 bits per heavy atom. The van der Waals surface area contributed by atoms with Gasteiger partial charge in [-0.3, -0.25) is 4.79 Å². The van der Waals surface area contributed by atoms with Crippen molar-refractivity contribution in [2.24, 2.45) is 0 Å². The molecule has 0 saturated carbocycles. The maximum Gasteiger partial charge on any atom is 0.255 e. The molecule has 0 radical (unpaired) electrons. The van der Waals surface area contributed by atoms with E-state index >= 15 is 0 Å². The fraction of sp³-hybridized carbons (Fsp3) is 0.444. The standard InChI is InChI=1S/C18H20N6OS/c25-18(13-9-26-14-4-2-1-3-12(13)14)24-7-5-23(6-8-24)17-15-16(20-10-19-15)21-11-22-17/h9-11H,1-8H2,(H,19,20,21,22). The number of H-pyrrole nitrogens is 1. The Morgan fingerprint density at radius 2 is 1.92 bits per heavy atom. The number of hydrogen-bond acceptors (Lipinski definition) is 6. The van der Waals surface area contributed by atoms with Gasteiger partial charge in [0.2, 0.25) is 0 Å². The van der Waals surface area contributed by atoms with Crippen LogP contribution in [0.3, 0.4) is 0 Å². The van der Waals surface area contributed by atoms with Gasteiger partial charge in [0.15, 0.2) is 11.5 Å². The molecule has 0 spiro atoms. The molecule has 0 bridgehead atoms. The number of aryl methyl sites for hydroxylation is 1. The van der Waals surface area contributed by atoms with E-state index in [0.717, 1.165) is 42.8 Å². The Hall–Kier alpha value is -2.48. The first-order valence-electron chi connectivity index (χ1n) is 9.09. The van der Waals surface area contributed by atoms with E-state index in [0.29, 0.717) is 18.7 Å². The van der Waals surface area contributed by atoms with Crippen LogP contribution >= 0.6 is 11.3 Å². The highest BCUT2D eigenvalue weighted by Gasteiger charge is 2.27. The van der Waals surface area contributed by atoms with E-state index in [9.17, 15) is 4.79 Å². The van der Waals surface area contributed by atoms with E-state index in [2.05, 4.69) is 30.2 Å². The van der Waals surface area contributed by atoms with Crippen molar-refractivity contribution in [2.45, 2.75) is 25.7 Å². The van der Waals surface area contributed by atoms with Gasteiger partial charge in [0.1, 0.15) is 11.8 Å². The van der Waals surface area contributed by atoms with Crippen LogP contribution in [0.4, 0.5) is 5.82 Å². The van der Waals surface area contributed by atoms with E-state index in [1.807, 2.05) is 4.90 Å². The molecule has 8 heteroatoms. The molecule has 3 aromatic rings. The van der Waals surface area contributed by atoms with Gasteiger partial charge in [0.25, 0.3) is 5.91 Å². The molecule has 1 N–H and O–H groups in total. The van der Waals surface area contributed by atoms with Gasteiger partial charge in [-0.1, -0.05) is 0 Å². The zero-order chi connectivity index (χ0) is 17.5. The highest BCUT2D eigenvalue weighted by molar-refractivity contribution is 7.10. The minimum absolute atomic E-state index is 0.193. The summed E-state index contributed by atoms with van der Waals surface area (Å²) in [5, 5.41) is 2.07. The second kappa shape index (κ2) is 6.35. The summed E-state index contributed by atoms with van der Waals surface area (Å²) >= 11 is 1.76. The molecular weight excluding hydrogens is 348 g/mol. The van der Waals surface area contributed by atoms with Gasteiger partial charge in [0.05, 0.1) is 11.9 Å². The number of imidazole rings is 1. The topological polar surface area (TPSA) is 78.0 Å². The van der Waals surface area contributed by atoms with Gasteiger partial charge in [0, 0.05) is 36.4 Å². The van der Waals surface area contributed by atoms with E-state index in [-0.39, 0.29) is 5.91 Å². The van der Waals surface area contributed by atoms with Gasteiger partial charge in [-0.2, -0.15) is 0 Å². The summed E-state index contributed by atoms with van der Waals surface area (Å²) in [6.45, 7) is 2.96. The summed E-state index contributed by atoms with van der Waals surface area (Å²) in [4.78, 5) is 34.5. The van der Waals surface area contributed by atoms with Crippen molar-refractivity contribution >= 4 is 34.2 Å². The molecule has 0 unspecified atom stereocenters. The Morgan fingerprint density at radius 1 is 1.08 bits per heavy atom. The third kappa shape index (κ3) is 2.56. The summed E-state index contributed by atoms with van der Waals surface area (Å²) in [6.07, 6.45) is 7.83. The number of aromatic amines is 1. The number of nitrogens with one attached hydrogen (secondary N) is 1. The van der Waals surface area contributed by atoms with Crippen LogP contribution in [-0.2, 0) is 12.8 Å². The molecule has 0 atom stereocenters. The number of piperazine rings is 1. The van der Waals surface area contributed by atoms with Crippen LogP contribution in [0.25, 0.3) is 11.2 Å². The van der Waals surface area contributed by atoms with Gasteiger partial charge in [-0.25, -0.2) is 15.0 Å². The molecule has 0 aromatic carbocycles. The number of hydrogen-bond donors (Lipinski definition) is 1. The Bertz CT molecular complexity index is 956. The number of rotatable bonds is 2. The molecule has 4 heterocycles. The van der Waals surface area contributed by atoms with Crippen LogP contribution in [0.5, 0.6) is 0 Å². The zero-order valence-corrected chi connectivity index (χ0v) is 15.3. The van der Waals surface area contributed by atoms with Gasteiger partial charge in [-0.15, -0.1) is 11.3 Å². The van der Waals surface area contributed by atoms with Crippen LogP contribution in [0.1, 0.15) is 33.6 Å². The SMILES string of the molecule is O=C(c1csc2c1CCCC2)N1CCN(c2ncnc3nc[nH]c23)CC1. The van der Waals surface area contributed by atoms with E-state index < -0.39 is 0 Å². The Balaban J connectivity index is 1.32. The molecule has 3 aromatic heterocycles. The number of nitrogens with zero attached hydrogens (tertiary/aromatic N) is 5. The van der Waals surface area contributed by atoms with Crippen molar-refractivity contribution in [1.29, 1.82) is 0 Å². The fourth-order valence-electron chi connectivity index (χ4n) is 3.96. The van der Waals surface area contributed by atoms with Crippen LogP contribution < -0.4 is 4.90 Å². The summed E-state index contributed by atoms with van der Waals surface area (Å²) < 4.78 is 0. The Kier molecular flexibility index (Phi) is 3.85. The monoisotopic (exact) mass is 368 g/mol. The highest BCUT2D eigenvalue weighted by Crippen LogP contribution is 2.31. The molecule has 5 rings (SSSR count). The molecular formula is C18H20N6OS. The van der Waals surface area contributed by atoms with Crippen LogP contribution in [0.2, 0.25) is 0 Å². The third-order valence-corrected chi connectivity index (χ3v) is 6.45. The Labute approximate surface area is 155 Å². The first-order valence-corrected chi connectivity index (χ1v) is 9.97. The molecule has 1 aliphatic carbocycles. The summed E-state index contributed by atoms with van der Waals surface area (Å²) in [5.41, 5.74) is 3.79. The lowest BCUT2D eigenvalue weighted by Gasteiger charge is -2.35. The lowest BCUT2D eigenvalue weighted by molar-refractivity contribution is 0.0746. The molecule has 7 nitrogen and oxygen atoms in total. The van der Waals surface area contributed by atoms with Gasteiger partial charge in [-0.05, 0) is 31.2 Å². The lowest BCUT2D eigenvalue weighted by Crippen LogP contribution is -2.49. The molecule has 26 heavy (non-hydrogen) atoms. The second-order valence-electron chi connectivity index (χ2n) is 6.84. The number of carbonyl (C=O) groups is 1. The van der Waals surface area contributed by atoms with Crippen molar-refractivity contribution in [3.63, 3.8) is 0 Å². The predicted octanol–water partition coefficient (Wildman–Crippen LogP) is 2.26. The van der Waals surface area contributed by atoms with E-state index in [1.165, 1.54) is 23.3 Å². The second-order valence-corrected chi connectivity index (χ2v) is 7.80. The van der Waals surface area contributed by atoms with Crippen molar-refractivity contribution in [3.8, 4) is 0 Å². The quantitative estimate of drug-likeness (QED) is 0.751. The normalized spacial score (nSPS) is 17.5. The number of anilines is 1. The number of aromatic nitrogens is 4. The lowest BCUT2D eigenvalue weighted by atomic mass is 9.95. The smallest absolute Gasteiger partial charge is 0.255 e. The number of fused-ring (bicyclic) bond motifs is 2. The summed E-state index contributed by atoms with van der Waals surface area (Å²) in [5.74, 6) is 1.06. The maximum absolute atomic E-state index is 13.0. The molecule has 134 valence electrons. The predicted molar refractivity (Wildman–Crippen MR) is 101 cm³/mol. The molecule has 1 fully saturated rings. The van der Waals surface area contributed by atoms with Crippen molar-refractivity contribution in [2.75, 3.05) is 31.1 Å². The average molecular weight is 368 g/mol. The van der Waals surface area contributed by atoms with Crippen molar-refractivity contribution in [1.82, 2.24) is 24.8 Å². The van der Waals surface area contributed by atoms with Crippen LogP contribution in [-0.4, -0.2) is 56.9 Å². The summed E-state index contributed by atoms with van der Waals surface area (Å²) in [6, 6.07) is 0. The first kappa shape index (κ1) is 15.7. The first-order chi connectivity index (χ1) is 12.8. The van der Waals surface area contributed by atoms with Crippen LogP contribution in [0.15, 0.2) is 18.0 Å². The molecule has 1 aliphatic heterocycles. The van der Waals surface area contributed by atoms with Crippen molar-refractivity contribution < 1.29 is 4.79 Å². The maximum atomic E-state index is 13.0. The number of thiophene rings is 1. The van der Waals surface area contributed by atoms with Crippen LogP contribution in [0, 0.1) is 0 Å². The highest BCUT2D eigenvalue weighted by atomic mass is 32.1. The molecule has 1 saturated heterocycles. The van der Waals surface area contributed by atoms with E-state index in [4.69, 9.17) is 0 Å².